The van der Waals surface area contributed by atoms with Crippen molar-refractivity contribution in [3.05, 3.63) is 39.8 Å². The van der Waals surface area contributed by atoms with E-state index in [0.29, 0.717) is 38.2 Å². The minimum atomic E-state index is -0.516. The lowest BCUT2D eigenvalue weighted by Gasteiger charge is -2.27. The Kier molecular flexibility index (Phi) is 4.07. The van der Waals surface area contributed by atoms with Gasteiger partial charge < -0.3 is 10.0 Å². The number of carbonyl (C=O) groups excluding carboxylic acids is 1. The molecule has 1 N–H and O–H groups in total. The molecule has 0 fully saturated rings. The van der Waals surface area contributed by atoms with Gasteiger partial charge in [-0.25, -0.2) is 0 Å². The summed E-state index contributed by atoms with van der Waals surface area (Å²) >= 11 is 1.61. The molecule has 6 heteroatoms. The molecule has 1 aliphatic rings. The van der Waals surface area contributed by atoms with Gasteiger partial charge in [-0.2, -0.15) is 16.4 Å². The minimum absolute atomic E-state index is 0.151. The van der Waals surface area contributed by atoms with E-state index < -0.39 is 6.10 Å². The van der Waals surface area contributed by atoms with E-state index in [9.17, 15) is 9.90 Å². The van der Waals surface area contributed by atoms with Crippen molar-refractivity contribution in [2.45, 2.75) is 39.0 Å². The molecule has 0 aliphatic carbocycles. The van der Waals surface area contributed by atoms with Gasteiger partial charge in [0.1, 0.15) is 0 Å². The normalized spacial score (nSPS) is 15.8. The number of aliphatic hydroxyl groups excluding tert-OH is 1. The van der Waals surface area contributed by atoms with Crippen molar-refractivity contribution in [1.82, 2.24) is 14.7 Å². The third kappa shape index (κ3) is 3.01. The van der Waals surface area contributed by atoms with Crippen LogP contribution in [-0.2, 0) is 24.3 Å². The fourth-order valence-corrected chi connectivity index (χ4v) is 3.22. The molecule has 0 saturated carbocycles. The molecule has 0 spiro atoms. The second-order valence-electron chi connectivity index (χ2n) is 5.33. The zero-order chi connectivity index (χ0) is 14.8. The molecular formula is C15H19N3O2S. The maximum Gasteiger partial charge on any atom is 0.227 e. The Balaban J connectivity index is 1.69. The standard InChI is InChI=1S/C15H19N3O2S/c1-2-14(19)13-8-12-9-17(4-5-18(12)16-13)15(20)7-11-3-6-21-10-11/h3,6,8,10,14,19H,2,4-5,7,9H2,1H3/t14-/m1/s1. The molecule has 0 aromatic carbocycles. The number of thiophene rings is 1. The zero-order valence-electron chi connectivity index (χ0n) is 12.0. The molecule has 2 aromatic rings. The van der Waals surface area contributed by atoms with Crippen LogP contribution in [0.1, 0.15) is 36.4 Å². The summed E-state index contributed by atoms with van der Waals surface area (Å²) in [6.07, 6.45) is 0.595. The quantitative estimate of drug-likeness (QED) is 0.939. The summed E-state index contributed by atoms with van der Waals surface area (Å²) in [7, 11) is 0. The van der Waals surface area contributed by atoms with Crippen LogP contribution in [-0.4, -0.2) is 32.2 Å². The molecule has 0 radical (unpaired) electrons. The Morgan fingerprint density at radius 1 is 1.52 bits per heavy atom. The summed E-state index contributed by atoms with van der Waals surface area (Å²) in [5.41, 5.74) is 2.79. The predicted molar refractivity (Wildman–Crippen MR) is 80.9 cm³/mol. The van der Waals surface area contributed by atoms with Crippen molar-refractivity contribution in [1.29, 1.82) is 0 Å². The number of fused-ring (bicyclic) bond motifs is 1. The average Bonchev–Trinajstić information content (AvgIpc) is 3.14. The Hall–Kier alpha value is -1.66. The first-order valence-corrected chi connectivity index (χ1v) is 8.15. The summed E-state index contributed by atoms with van der Waals surface area (Å²) < 4.78 is 1.91. The molecule has 0 saturated heterocycles. The number of carbonyl (C=O) groups is 1. The van der Waals surface area contributed by atoms with Crippen molar-refractivity contribution in [3.63, 3.8) is 0 Å². The number of nitrogens with zero attached hydrogens (tertiary/aromatic N) is 3. The van der Waals surface area contributed by atoms with E-state index in [2.05, 4.69) is 5.10 Å². The van der Waals surface area contributed by atoms with Crippen molar-refractivity contribution in [3.8, 4) is 0 Å². The Morgan fingerprint density at radius 3 is 3.10 bits per heavy atom. The number of hydrogen-bond donors (Lipinski definition) is 1. The molecule has 112 valence electrons. The Labute approximate surface area is 127 Å². The third-order valence-corrected chi connectivity index (χ3v) is 4.57. The van der Waals surface area contributed by atoms with Crippen molar-refractivity contribution >= 4 is 17.2 Å². The van der Waals surface area contributed by atoms with Crippen molar-refractivity contribution in [2.75, 3.05) is 6.54 Å². The molecule has 3 heterocycles. The number of hydrogen-bond acceptors (Lipinski definition) is 4. The van der Waals surface area contributed by atoms with Gasteiger partial charge >= 0.3 is 0 Å². The molecule has 1 atom stereocenters. The molecule has 21 heavy (non-hydrogen) atoms. The van der Waals surface area contributed by atoms with Gasteiger partial charge in [0.05, 0.1) is 37.0 Å². The second-order valence-corrected chi connectivity index (χ2v) is 6.11. The summed E-state index contributed by atoms with van der Waals surface area (Å²) in [5.74, 6) is 0.151. The summed E-state index contributed by atoms with van der Waals surface area (Å²) in [5, 5.41) is 18.3. The first-order valence-electron chi connectivity index (χ1n) is 7.21. The van der Waals surface area contributed by atoms with Crippen LogP contribution < -0.4 is 0 Å². The van der Waals surface area contributed by atoms with E-state index in [-0.39, 0.29) is 5.91 Å². The van der Waals surface area contributed by atoms with Crippen LogP contribution in [0.3, 0.4) is 0 Å². The highest BCUT2D eigenvalue weighted by atomic mass is 32.1. The first kappa shape index (κ1) is 14.3. The van der Waals surface area contributed by atoms with Gasteiger partial charge in [-0.15, -0.1) is 0 Å². The van der Waals surface area contributed by atoms with E-state index in [4.69, 9.17) is 0 Å². The fourth-order valence-electron chi connectivity index (χ4n) is 2.55. The topological polar surface area (TPSA) is 58.4 Å². The highest BCUT2D eigenvalue weighted by molar-refractivity contribution is 7.07. The van der Waals surface area contributed by atoms with Gasteiger partial charge in [-0.3, -0.25) is 9.48 Å². The number of amides is 1. The largest absolute Gasteiger partial charge is 0.387 e. The lowest BCUT2D eigenvalue weighted by atomic mass is 10.1. The maximum atomic E-state index is 12.3. The lowest BCUT2D eigenvalue weighted by molar-refractivity contribution is -0.132. The van der Waals surface area contributed by atoms with Crippen LogP contribution in [0.5, 0.6) is 0 Å². The van der Waals surface area contributed by atoms with Crippen LogP contribution in [0.25, 0.3) is 0 Å². The predicted octanol–water partition coefficient (Wildman–Crippen LogP) is 1.97. The van der Waals surface area contributed by atoms with Gasteiger partial charge in [0.25, 0.3) is 0 Å². The number of aliphatic hydroxyl groups is 1. The average molecular weight is 305 g/mol. The Bertz CT molecular complexity index is 621. The maximum absolute atomic E-state index is 12.3. The summed E-state index contributed by atoms with van der Waals surface area (Å²) in [4.78, 5) is 14.2. The van der Waals surface area contributed by atoms with Crippen LogP contribution >= 0.6 is 11.3 Å². The van der Waals surface area contributed by atoms with Crippen molar-refractivity contribution < 1.29 is 9.90 Å². The van der Waals surface area contributed by atoms with E-state index in [1.807, 2.05) is 39.4 Å². The van der Waals surface area contributed by atoms with Gasteiger partial charge in [0.2, 0.25) is 5.91 Å². The van der Waals surface area contributed by atoms with Crippen LogP contribution in [0.15, 0.2) is 22.9 Å². The van der Waals surface area contributed by atoms with Gasteiger partial charge in [0, 0.05) is 6.54 Å². The Morgan fingerprint density at radius 2 is 2.38 bits per heavy atom. The first-order chi connectivity index (χ1) is 10.2. The number of aromatic nitrogens is 2. The van der Waals surface area contributed by atoms with E-state index in [1.54, 1.807) is 11.3 Å². The van der Waals surface area contributed by atoms with Crippen LogP contribution in [0.4, 0.5) is 0 Å². The summed E-state index contributed by atoms with van der Waals surface area (Å²) in [6.45, 7) is 3.88. The van der Waals surface area contributed by atoms with Crippen LogP contribution in [0.2, 0.25) is 0 Å². The highest BCUT2D eigenvalue weighted by Crippen LogP contribution is 2.20. The second kappa shape index (κ2) is 5.99. The van der Waals surface area contributed by atoms with Gasteiger partial charge in [0.15, 0.2) is 0 Å². The molecule has 0 unspecified atom stereocenters. The van der Waals surface area contributed by atoms with E-state index in [0.717, 1.165) is 11.3 Å². The van der Waals surface area contributed by atoms with E-state index in [1.165, 1.54) is 0 Å². The SMILES string of the molecule is CC[C@@H](O)c1cc2n(n1)CCN(C(=O)Cc1ccsc1)C2. The third-order valence-electron chi connectivity index (χ3n) is 3.83. The molecule has 2 aromatic heterocycles. The molecule has 5 nitrogen and oxygen atoms in total. The van der Waals surface area contributed by atoms with Gasteiger partial charge in [-0.05, 0) is 34.9 Å². The molecule has 3 rings (SSSR count). The molecule has 1 aliphatic heterocycles. The lowest BCUT2D eigenvalue weighted by Crippen LogP contribution is -2.39. The minimum Gasteiger partial charge on any atom is -0.387 e. The van der Waals surface area contributed by atoms with E-state index >= 15 is 0 Å². The summed E-state index contributed by atoms with van der Waals surface area (Å²) in [6, 6.07) is 3.91. The smallest absolute Gasteiger partial charge is 0.227 e. The highest BCUT2D eigenvalue weighted by Gasteiger charge is 2.23. The number of rotatable bonds is 4. The monoisotopic (exact) mass is 305 g/mol. The van der Waals surface area contributed by atoms with Crippen LogP contribution in [0, 0.1) is 0 Å². The zero-order valence-corrected chi connectivity index (χ0v) is 12.8. The molecule has 1 amide bonds. The molecular weight excluding hydrogens is 286 g/mol. The van der Waals surface area contributed by atoms with Gasteiger partial charge in [-0.1, -0.05) is 6.92 Å². The fraction of sp³-hybridized carbons (Fsp3) is 0.467. The molecule has 0 bridgehead atoms. The van der Waals surface area contributed by atoms with Crippen molar-refractivity contribution in [2.24, 2.45) is 0 Å².